The first-order valence-electron chi connectivity index (χ1n) is 5.29. The van der Waals surface area contributed by atoms with E-state index in [1.165, 1.54) is 12.1 Å². The first-order chi connectivity index (χ1) is 9.31. The van der Waals surface area contributed by atoms with Crippen molar-refractivity contribution in [1.29, 1.82) is 0 Å². The van der Waals surface area contributed by atoms with Crippen molar-refractivity contribution in [2.24, 2.45) is 0 Å². The number of halogens is 5. The van der Waals surface area contributed by atoms with E-state index in [1.54, 1.807) is 0 Å². The maximum absolute atomic E-state index is 13.7. The molecule has 0 aliphatic heterocycles. The van der Waals surface area contributed by atoms with E-state index in [-0.39, 0.29) is 17.1 Å². The van der Waals surface area contributed by atoms with Crippen LogP contribution in [0.4, 0.5) is 27.6 Å². The standard InChI is InChI=1S/C10H8F5N5/c11-7-3-5(16)1-2-6(7)8-17-18-19-20(8)4-10(14,15)9(12)13/h1-3,9H,4,16H2. The number of alkyl halides is 4. The third kappa shape index (κ3) is 2.68. The lowest BCUT2D eigenvalue weighted by molar-refractivity contribution is -0.139. The summed E-state index contributed by atoms with van der Waals surface area (Å²) < 4.78 is 64.4. The predicted molar refractivity (Wildman–Crippen MR) is 58.6 cm³/mol. The van der Waals surface area contributed by atoms with Gasteiger partial charge in [-0.2, -0.15) is 8.78 Å². The lowest BCUT2D eigenvalue weighted by atomic mass is 10.2. The Morgan fingerprint density at radius 1 is 1.30 bits per heavy atom. The Hall–Kier alpha value is -2.26. The molecule has 10 heteroatoms. The summed E-state index contributed by atoms with van der Waals surface area (Å²) >= 11 is 0. The molecule has 2 N–H and O–H groups in total. The van der Waals surface area contributed by atoms with Crippen molar-refractivity contribution in [2.45, 2.75) is 18.9 Å². The minimum absolute atomic E-state index is 0.114. The molecule has 0 aliphatic rings. The molecule has 1 heterocycles. The second-order valence-electron chi connectivity index (χ2n) is 3.96. The average molecular weight is 293 g/mol. The van der Waals surface area contributed by atoms with Crippen LogP contribution >= 0.6 is 0 Å². The first kappa shape index (κ1) is 14.2. The van der Waals surface area contributed by atoms with Gasteiger partial charge in [0.25, 0.3) is 0 Å². The third-order valence-corrected chi connectivity index (χ3v) is 2.45. The molecule has 0 atom stereocenters. The number of anilines is 1. The molecule has 5 nitrogen and oxygen atoms in total. The van der Waals surface area contributed by atoms with Crippen molar-refractivity contribution in [3.8, 4) is 11.4 Å². The lowest BCUT2D eigenvalue weighted by Crippen LogP contribution is -2.33. The van der Waals surface area contributed by atoms with Crippen LogP contribution in [0.15, 0.2) is 18.2 Å². The van der Waals surface area contributed by atoms with Gasteiger partial charge in [0.1, 0.15) is 12.4 Å². The molecule has 1 aromatic carbocycles. The summed E-state index contributed by atoms with van der Waals surface area (Å²) in [5.74, 6) is -5.56. The number of nitrogen functional groups attached to an aromatic ring is 1. The molecule has 1 aromatic heterocycles. The van der Waals surface area contributed by atoms with E-state index in [4.69, 9.17) is 5.73 Å². The van der Waals surface area contributed by atoms with Crippen molar-refractivity contribution in [3.05, 3.63) is 24.0 Å². The van der Waals surface area contributed by atoms with Gasteiger partial charge in [0.15, 0.2) is 5.82 Å². The molecule has 0 saturated carbocycles. The molecule has 2 rings (SSSR count). The number of rotatable bonds is 4. The molecule has 20 heavy (non-hydrogen) atoms. The fourth-order valence-electron chi connectivity index (χ4n) is 1.49. The van der Waals surface area contributed by atoms with Crippen LogP contribution in [0.1, 0.15) is 0 Å². The van der Waals surface area contributed by atoms with Crippen molar-refractivity contribution >= 4 is 5.69 Å². The molecule has 0 unspecified atom stereocenters. The van der Waals surface area contributed by atoms with Gasteiger partial charge in [0, 0.05) is 5.69 Å². The van der Waals surface area contributed by atoms with Gasteiger partial charge in [0.05, 0.1) is 5.56 Å². The van der Waals surface area contributed by atoms with E-state index in [0.717, 1.165) is 6.07 Å². The van der Waals surface area contributed by atoms with E-state index in [2.05, 4.69) is 15.5 Å². The zero-order valence-electron chi connectivity index (χ0n) is 9.77. The van der Waals surface area contributed by atoms with Gasteiger partial charge >= 0.3 is 12.3 Å². The van der Waals surface area contributed by atoms with Gasteiger partial charge in [-0.15, -0.1) is 5.10 Å². The third-order valence-electron chi connectivity index (χ3n) is 2.45. The van der Waals surface area contributed by atoms with Gasteiger partial charge in [-0.05, 0) is 28.6 Å². The van der Waals surface area contributed by atoms with E-state index in [0.29, 0.717) is 4.68 Å². The highest BCUT2D eigenvalue weighted by Crippen LogP contribution is 2.27. The van der Waals surface area contributed by atoms with Crippen LogP contribution < -0.4 is 5.73 Å². The van der Waals surface area contributed by atoms with Crippen LogP contribution in [0, 0.1) is 5.82 Å². The molecule has 0 radical (unpaired) electrons. The summed E-state index contributed by atoms with van der Waals surface area (Å²) in [6.45, 7) is -1.46. The minimum atomic E-state index is -4.32. The Labute approximate surface area is 109 Å². The molecular weight excluding hydrogens is 285 g/mol. The molecule has 0 saturated heterocycles. The van der Waals surface area contributed by atoms with Crippen LogP contribution in [0.5, 0.6) is 0 Å². The van der Waals surface area contributed by atoms with Gasteiger partial charge < -0.3 is 5.73 Å². The summed E-state index contributed by atoms with van der Waals surface area (Å²) in [4.78, 5) is 0. The monoisotopic (exact) mass is 293 g/mol. The lowest BCUT2D eigenvalue weighted by Gasteiger charge is -2.15. The smallest absolute Gasteiger partial charge is 0.326 e. The van der Waals surface area contributed by atoms with Crippen molar-refractivity contribution in [1.82, 2.24) is 20.2 Å². The number of hydrogen-bond donors (Lipinski definition) is 1. The SMILES string of the molecule is Nc1ccc(-c2nnnn2CC(F)(F)C(F)F)c(F)c1. The Morgan fingerprint density at radius 2 is 2.00 bits per heavy atom. The molecule has 2 aromatic rings. The highest BCUT2D eigenvalue weighted by Gasteiger charge is 2.42. The molecule has 0 fully saturated rings. The summed E-state index contributed by atoms with van der Waals surface area (Å²) in [7, 11) is 0. The minimum Gasteiger partial charge on any atom is -0.399 e. The topological polar surface area (TPSA) is 69.6 Å². The highest BCUT2D eigenvalue weighted by atomic mass is 19.3. The zero-order chi connectivity index (χ0) is 14.9. The Balaban J connectivity index is 2.38. The second-order valence-corrected chi connectivity index (χ2v) is 3.96. The first-order valence-corrected chi connectivity index (χ1v) is 5.29. The molecule has 0 aliphatic carbocycles. The molecule has 0 spiro atoms. The van der Waals surface area contributed by atoms with Crippen molar-refractivity contribution < 1.29 is 22.0 Å². The maximum atomic E-state index is 13.7. The van der Waals surface area contributed by atoms with Crippen LogP contribution in [0.3, 0.4) is 0 Å². The fraction of sp³-hybridized carbons (Fsp3) is 0.300. The average Bonchev–Trinajstić information content (AvgIpc) is 2.76. The predicted octanol–water partition coefficient (Wildman–Crippen LogP) is 1.96. The van der Waals surface area contributed by atoms with Gasteiger partial charge in [-0.25, -0.2) is 17.9 Å². The Bertz CT molecular complexity index is 612. The number of hydrogen-bond acceptors (Lipinski definition) is 4. The van der Waals surface area contributed by atoms with E-state index in [9.17, 15) is 22.0 Å². The number of nitrogens with two attached hydrogens (primary N) is 1. The van der Waals surface area contributed by atoms with E-state index in [1.807, 2.05) is 0 Å². The second kappa shape index (κ2) is 5.02. The number of tetrazole rings is 1. The zero-order valence-corrected chi connectivity index (χ0v) is 9.77. The molecule has 0 amide bonds. The number of benzene rings is 1. The quantitative estimate of drug-likeness (QED) is 0.691. The van der Waals surface area contributed by atoms with Gasteiger partial charge in [-0.1, -0.05) is 0 Å². The largest absolute Gasteiger partial charge is 0.399 e. The molecule has 0 bridgehead atoms. The normalized spacial score (nSPS) is 12.1. The highest BCUT2D eigenvalue weighted by molar-refractivity contribution is 5.59. The van der Waals surface area contributed by atoms with Crippen molar-refractivity contribution in [2.75, 3.05) is 5.73 Å². The van der Waals surface area contributed by atoms with Gasteiger partial charge in [0.2, 0.25) is 0 Å². The molecular formula is C10H8F5N5. The van der Waals surface area contributed by atoms with Crippen LogP contribution in [0.2, 0.25) is 0 Å². The summed E-state index contributed by atoms with van der Waals surface area (Å²) in [5, 5.41) is 9.62. The van der Waals surface area contributed by atoms with Crippen LogP contribution in [-0.4, -0.2) is 32.6 Å². The van der Waals surface area contributed by atoms with Crippen LogP contribution in [0.25, 0.3) is 11.4 Å². The van der Waals surface area contributed by atoms with E-state index < -0.39 is 24.7 Å². The Kier molecular flexibility index (Phi) is 3.55. The van der Waals surface area contributed by atoms with Crippen molar-refractivity contribution in [3.63, 3.8) is 0 Å². The summed E-state index contributed by atoms with van der Waals surface area (Å²) in [5.41, 5.74) is 5.24. The number of aromatic nitrogens is 4. The maximum Gasteiger partial charge on any atom is 0.326 e. The van der Waals surface area contributed by atoms with Gasteiger partial charge in [-0.3, -0.25) is 0 Å². The number of nitrogens with zero attached hydrogens (tertiary/aromatic N) is 4. The van der Waals surface area contributed by atoms with Crippen LogP contribution in [-0.2, 0) is 6.54 Å². The molecule has 108 valence electrons. The van der Waals surface area contributed by atoms with E-state index >= 15 is 0 Å². The summed E-state index contributed by atoms with van der Waals surface area (Å²) in [6.07, 6.45) is -3.88. The Morgan fingerprint density at radius 3 is 2.60 bits per heavy atom. The fourth-order valence-corrected chi connectivity index (χ4v) is 1.49. The summed E-state index contributed by atoms with van der Waals surface area (Å²) in [6, 6.07) is 3.43.